The summed E-state index contributed by atoms with van der Waals surface area (Å²) < 4.78 is 1.08. The number of nitrogens with zero attached hydrogens (tertiary/aromatic N) is 1. The highest BCUT2D eigenvalue weighted by Crippen LogP contribution is 2.40. The minimum atomic E-state index is 1.08. The van der Waals surface area contributed by atoms with Gasteiger partial charge in [0.1, 0.15) is 0 Å². The van der Waals surface area contributed by atoms with Gasteiger partial charge in [0.2, 0.25) is 0 Å². The van der Waals surface area contributed by atoms with Crippen LogP contribution >= 0.6 is 15.9 Å². The SMILES string of the molecule is Brc1ccc(N(c2cccc(-c3ccccc3)c2)c2cccc3c2C=CCC3)cc1. The van der Waals surface area contributed by atoms with Crippen LogP contribution < -0.4 is 4.90 Å². The van der Waals surface area contributed by atoms with Gasteiger partial charge in [-0.15, -0.1) is 0 Å². The van der Waals surface area contributed by atoms with E-state index in [0.29, 0.717) is 0 Å². The van der Waals surface area contributed by atoms with Gasteiger partial charge >= 0.3 is 0 Å². The second-order valence-corrected chi connectivity index (χ2v) is 8.43. The third-order valence-electron chi connectivity index (χ3n) is 5.58. The van der Waals surface area contributed by atoms with E-state index in [-0.39, 0.29) is 0 Å². The van der Waals surface area contributed by atoms with Crippen LogP contribution in [0.4, 0.5) is 17.1 Å². The standard InChI is InChI=1S/C28H22BrN/c29-24-16-18-25(19-17-24)30(28-15-7-11-22-10-4-5-14-27(22)28)26-13-6-12-23(20-26)21-8-2-1-3-9-21/h1-3,5-9,11-20H,4,10H2. The molecule has 0 radical (unpaired) electrons. The Morgan fingerprint density at radius 1 is 0.667 bits per heavy atom. The zero-order valence-corrected chi connectivity index (χ0v) is 18.2. The Hall–Kier alpha value is -3.10. The van der Waals surface area contributed by atoms with E-state index >= 15 is 0 Å². The van der Waals surface area contributed by atoms with Crippen molar-refractivity contribution in [2.75, 3.05) is 4.90 Å². The molecule has 0 aliphatic heterocycles. The molecular formula is C28H22BrN. The number of hydrogen-bond acceptors (Lipinski definition) is 1. The summed E-state index contributed by atoms with van der Waals surface area (Å²) in [6.07, 6.45) is 6.77. The molecule has 1 aliphatic carbocycles. The third-order valence-corrected chi connectivity index (χ3v) is 6.10. The van der Waals surface area contributed by atoms with E-state index in [4.69, 9.17) is 0 Å². The van der Waals surface area contributed by atoms with Crippen LogP contribution in [0, 0.1) is 0 Å². The van der Waals surface area contributed by atoms with Crippen LogP contribution in [-0.4, -0.2) is 0 Å². The van der Waals surface area contributed by atoms with Gasteiger partial charge in [0.05, 0.1) is 5.69 Å². The fourth-order valence-electron chi connectivity index (χ4n) is 4.12. The Morgan fingerprint density at radius 3 is 2.27 bits per heavy atom. The summed E-state index contributed by atoms with van der Waals surface area (Å²) in [4.78, 5) is 2.37. The van der Waals surface area contributed by atoms with Crippen molar-refractivity contribution in [3.63, 3.8) is 0 Å². The maximum atomic E-state index is 3.58. The van der Waals surface area contributed by atoms with E-state index in [0.717, 1.165) is 28.7 Å². The number of hydrogen-bond donors (Lipinski definition) is 0. The van der Waals surface area contributed by atoms with Crippen LogP contribution in [0.1, 0.15) is 17.5 Å². The molecule has 0 saturated heterocycles. The lowest BCUT2D eigenvalue weighted by molar-refractivity contribution is 0.984. The molecule has 5 rings (SSSR count). The van der Waals surface area contributed by atoms with Gasteiger partial charge in [-0.25, -0.2) is 0 Å². The molecule has 4 aromatic rings. The van der Waals surface area contributed by atoms with E-state index in [1.807, 2.05) is 0 Å². The Balaban J connectivity index is 1.69. The summed E-state index contributed by atoms with van der Waals surface area (Å²) in [5.41, 5.74) is 8.70. The van der Waals surface area contributed by atoms with Gasteiger partial charge in [-0.2, -0.15) is 0 Å². The van der Waals surface area contributed by atoms with Crippen molar-refractivity contribution in [3.8, 4) is 11.1 Å². The molecule has 0 saturated carbocycles. The van der Waals surface area contributed by atoms with Gasteiger partial charge in [0.15, 0.2) is 0 Å². The minimum Gasteiger partial charge on any atom is -0.310 e. The first kappa shape index (κ1) is 18.9. The van der Waals surface area contributed by atoms with E-state index in [1.54, 1.807) is 0 Å². The first-order valence-corrected chi connectivity index (χ1v) is 11.1. The van der Waals surface area contributed by atoms with Crippen LogP contribution in [-0.2, 0) is 6.42 Å². The summed E-state index contributed by atoms with van der Waals surface area (Å²) in [6, 6.07) is 34.6. The third kappa shape index (κ3) is 3.71. The summed E-state index contributed by atoms with van der Waals surface area (Å²) in [6.45, 7) is 0. The van der Waals surface area contributed by atoms with Crippen LogP contribution in [0.15, 0.2) is 108 Å². The number of anilines is 3. The highest BCUT2D eigenvalue weighted by Gasteiger charge is 2.18. The van der Waals surface area contributed by atoms with Gasteiger partial charge in [-0.1, -0.05) is 82.7 Å². The number of rotatable bonds is 4. The molecular weight excluding hydrogens is 430 g/mol. The van der Waals surface area contributed by atoms with Gasteiger partial charge in [-0.05, 0) is 72.0 Å². The Bertz CT molecular complexity index is 1190. The first-order valence-electron chi connectivity index (χ1n) is 10.3. The molecule has 0 spiro atoms. The number of benzene rings is 4. The largest absolute Gasteiger partial charge is 0.310 e. The molecule has 2 heteroatoms. The number of halogens is 1. The van der Waals surface area contributed by atoms with Gasteiger partial charge in [-0.3, -0.25) is 0 Å². The Kier molecular flexibility index (Phi) is 5.25. The lowest BCUT2D eigenvalue weighted by atomic mass is 9.95. The highest BCUT2D eigenvalue weighted by molar-refractivity contribution is 9.10. The molecule has 1 nitrogen and oxygen atoms in total. The smallest absolute Gasteiger partial charge is 0.0536 e. The first-order chi connectivity index (χ1) is 14.8. The van der Waals surface area contributed by atoms with E-state index in [1.165, 1.54) is 27.9 Å². The average molecular weight is 452 g/mol. The summed E-state index contributed by atoms with van der Waals surface area (Å²) in [5, 5.41) is 0. The van der Waals surface area contributed by atoms with Gasteiger partial charge in [0.25, 0.3) is 0 Å². The van der Waals surface area contributed by atoms with E-state index in [9.17, 15) is 0 Å². The molecule has 0 aromatic heterocycles. The van der Waals surface area contributed by atoms with E-state index in [2.05, 4.69) is 130 Å². The topological polar surface area (TPSA) is 3.24 Å². The van der Waals surface area contributed by atoms with Crippen LogP contribution in [0.3, 0.4) is 0 Å². The predicted molar refractivity (Wildman–Crippen MR) is 132 cm³/mol. The van der Waals surface area contributed by atoms with E-state index < -0.39 is 0 Å². The lowest BCUT2D eigenvalue weighted by Crippen LogP contribution is -2.13. The lowest BCUT2D eigenvalue weighted by Gasteiger charge is -2.29. The molecule has 146 valence electrons. The van der Waals surface area contributed by atoms with Crippen molar-refractivity contribution in [1.82, 2.24) is 0 Å². The van der Waals surface area contributed by atoms with Crippen molar-refractivity contribution in [2.24, 2.45) is 0 Å². The molecule has 0 heterocycles. The Labute approximate surface area is 186 Å². The monoisotopic (exact) mass is 451 g/mol. The molecule has 0 amide bonds. The molecule has 1 aliphatic rings. The molecule has 0 unspecified atom stereocenters. The number of aryl methyl sites for hydroxylation is 1. The minimum absolute atomic E-state index is 1.08. The second kappa shape index (κ2) is 8.33. The van der Waals surface area contributed by atoms with Crippen LogP contribution in [0.5, 0.6) is 0 Å². The van der Waals surface area contributed by atoms with Crippen molar-refractivity contribution in [2.45, 2.75) is 12.8 Å². The quantitative estimate of drug-likeness (QED) is 0.300. The molecule has 0 bridgehead atoms. The fraction of sp³-hybridized carbons (Fsp3) is 0.0714. The van der Waals surface area contributed by atoms with Crippen molar-refractivity contribution in [1.29, 1.82) is 0 Å². The molecule has 4 aromatic carbocycles. The summed E-state index contributed by atoms with van der Waals surface area (Å²) in [7, 11) is 0. The van der Waals surface area contributed by atoms with Gasteiger partial charge in [0, 0.05) is 21.4 Å². The fourth-order valence-corrected chi connectivity index (χ4v) is 4.38. The van der Waals surface area contributed by atoms with Crippen molar-refractivity contribution < 1.29 is 0 Å². The molecule has 0 fully saturated rings. The number of allylic oxidation sites excluding steroid dienone is 1. The normalized spacial score (nSPS) is 12.4. The van der Waals surface area contributed by atoms with Crippen molar-refractivity contribution in [3.05, 3.63) is 119 Å². The molecule has 30 heavy (non-hydrogen) atoms. The maximum Gasteiger partial charge on any atom is 0.0536 e. The zero-order chi connectivity index (χ0) is 20.3. The highest BCUT2D eigenvalue weighted by atomic mass is 79.9. The number of fused-ring (bicyclic) bond motifs is 1. The average Bonchev–Trinajstić information content (AvgIpc) is 2.81. The second-order valence-electron chi connectivity index (χ2n) is 7.52. The molecule has 0 N–H and O–H groups in total. The maximum absolute atomic E-state index is 3.58. The van der Waals surface area contributed by atoms with Crippen molar-refractivity contribution >= 4 is 39.1 Å². The summed E-state index contributed by atoms with van der Waals surface area (Å²) >= 11 is 3.58. The predicted octanol–water partition coefficient (Wildman–Crippen LogP) is 8.55. The van der Waals surface area contributed by atoms with Crippen LogP contribution in [0.25, 0.3) is 17.2 Å². The van der Waals surface area contributed by atoms with Crippen LogP contribution in [0.2, 0.25) is 0 Å². The van der Waals surface area contributed by atoms with Gasteiger partial charge < -0.3 is 4.90 Å². The summed E-state index contributed by atoms with van der Waals surface area (Å²) in [5.74, 6) is 0. The molecule has 0 atom stereocenters. The zero-order valence-electron chi connectivity index (χ0n) is 16.6. The Morgan fingerprint density at radius 2 is 1.43 bits per heavy atom.